The molecule has 1 aromatic rings. The molecule has 1 heterocycles. The average molecular weight is 183 g/mol. The monoisotopic (exact) mass is 183 g/mol. The lowest BCUT2D eigenvalue weighted by molar-refractivity contribution is 0.425. The Labute approximate surface area is 76.4 Å². The lowest BCUT2D eigenvalue weighted by Crippen LogP contribution is -2.31. The quantitative estimate of drug-likeness (QED) is 0.502. The second-order valence-electron chi connectivity index (χ2n) is 3.18. The Hall–Kier alpha value is -0.935. The summed E-state index contributed by atoms with van der Waals surface area (Å²) in [5, 5.41) is 17.6. The van der Waals surface area contributed by atoms with Gasteiger partial charge in [0, 0.05) is 5.69 Å². The van der Waals surface area contributed by atoms with E-state index >= 15 is 0 Å². The predicted octanol–water partition coefficient (Wildman–Crippen LogP) is 0.0239. The number of aromatic nitrogens is 1. The van der Waals surface area contributed by atoms with E-state index < -0.39 is 13.1 Å². The van der Waals surface area contributed by atoms with Crippen molar-refractivity contribution in [1.29, 1.82) is 0 Å². The Balaban J connectivity index is 3.11. The lowest BCUT2D eigenvalue weighted by Gasteiger charge is -2.06. The van der Waals surface area contributed by atoms with Gasteiger partial charge in [0.25, 0.3) is 0 Å². The van der Waals surface area contributed by atoms with Gasteiger partial charge in [-0.1, -0.05) is 13.8 Å². The Kier molecular flexibility index (Phi) is 3.00. The van der Waals surface area contributed by atoms with Gasteiger partial charge in [0.05, 0.1) is 0 Å². The van der Waals surface area contributed by atoms with E-state index in [1.165, 1.54) is 6.07 Å². The molecule has 0 aromatic carbocycles. The molecule has 0 amide bonds. The van der Waals surface area contributed by atoms with Gasteiger partial charge >= 0.3 is 7.12 Å². The van der Waals surface area contributed by atoms with Crippen LogP contribution in [0.5, 0.6) is 0 Å². The third-order valence-electron chi connectivity index (χ3n) is 1.73. The zero-order valence-electron chi connectivity index (χ0n) is 7.53. The Bertz CT molecular complexity index is 278. The van der Waals surface area contributed by atoms with Crippen molar-refractivity contribution in [2.75, 3.05) is 0 Å². The Morgan fingerprint density at radius 3 is 2.46 bits per heavy atom. The van der Waals surface area contributed by atoms with Crippen molar-refractivity contribution in [3.05, 3.63) is 23.8 Å². The molecule has 1 aromatic heterocycles. The number of rotatable bonds is 2. The molecule has 0 atom stereocenters. The van der Waals surface area contributed by atoms with Crippen LogP contribution in [0, 0.1) is 5.95 Å². The fraction of sp³-hybridized carbons (Fsp3) is 0.375. The minimum Gasteiger partial charge on any atom is -0.423 e. The first kappa shape index (κ1) is 10.1. The minimum atomic E-state index is -1.64. The van der Waals surface area contributed by atoms with Crippen LogP contribution in [0.3, 0.4) is 0 Å². The van der Waals surface area contributed by atoms with E-state index in [-0.39, 0.29) is 11.4 Å². The van der Waals surface area contributed by atoms with Crippen LogP contribution in [0.25, 0.3) is 0 Å². The Morgan fingerprint density at radius 1 is 1.38 bits per heavy atom. The predicted molar refractivity (Wildman–Crippen MR) is 48.1 cm³/mol. The van der Waals surface area contributed by atoms with Crippen LogP contribution < -0.4 is 5.46 Å². The fourth-order valence-electron chi connectivity index (χ4n) is 0.983. The Morgan fingerprint density at radius 2 is 2.00 bits per heavy atom. The summed E-state index contributed by atoms with van der Waals surface area (Å²) >= 11 is 0. The van der Waals surface area contributed by atoms with Crippen LogP contribution >= 0.6 is 0 Å². The highest BCUT2D eigenvalue weighted by Gasteiger charge is 2.14. The molecule has 0 saturated carbocycles. The smallest absolute Gasteiger partial charge is 0.423 e. The summed E-state index contributed by atoms with van der Waals surface area (Å²) in [6.45, 7) is 3.71. The first-order valence-corrected chi connectivity index (χ1v) is 4.04. The van der Waals surface area contributed by atoms with Crippen molar-refractivity contribution in [2.45, 2.75) is 19.8 Å². The molecule has 5 heteroatoms. The van der Waals surface area contributed by atoms with Gasteiger partial charge in [-0.2, -0.15) is 4.39 Å². The van der Waals surface area contributed by atoms with Crippen LogP contribution in [0.1, 0.15) is 25.5 Å². The summed E-state index contributed by atoms with van der Waals surface area (Å²) in [5.41, 5.74) is 0.652. The van der Waals surface area contributed by atoms with E-state index in [1.54, 1.807) is 0 Å². The summed E-state index contributed by atoms with van der Waals surface area (Å²) in [6, 6.07) is 2.50. The maximum atomic E-state index is 12.8. The highest BCUT2D eigenvalue weighted by molar-refractivity contribution is 6.58. The molecular weight excluding hydrogens is 172 g/mol. The van der Waals surface area contributed by atoms with Crippen molar-refractivity contribution in [3.63, 3.8) is 0 Å². The van der Waals surface area contributed by atoms with Crippen LogP contribution in [-0.4, -0.2) is 22.2 Å². The maximum absolute atomic E-state index is 12.8. The molecule has 0 bridgehead atoms. The second kappa shape index (κ2) is 3.85. The van der Waals surface area contributed by atoms with Crippen molar-refractivity contribution in [1.82, 2.24) is 4.98 Å². The lowest BCUT2D eigenvalue weighted by atomic mass is 9.80. The number of hydrogen-bond acceptors (Lipinski definition) is 3. The van der Waals surface area contributed by atoms with Gasteiger partial charge in [-0.3, -0.25) is 0 Å². The van der Waals surface area contributed by atoms with Crippen molar-refractivity contribution in [3.8, 4) is 0 Å². The number of nitrogens with zero attached hydrogens (tertiary/aromatic N) is 1. The van der Waals surface area contributed by atoms with Crippen molar-refractivity contribution < 1.29 is 14.4 Å². The molecule has 13 heavy (non-hydrogen) atoms. The van der Waals surface area contributed by atoms with E-state index in [2.05, 4.69) is 4.98 Å². The zero-order chi connectivity index (χ0) is 10.0. The summed E-state index contributed by atoms with van der Waals surface area (Å²) < 4.78 is 12.8. The van der Waals surface area contributed by atoms with E-state index in [1.807, 2.05) is 13.8 Å². The van der Waals surface area contributed by atoms with Crippen molar-refractivity contribution in [2.24, 2.45) is 0 Å². The number of pyridine rings is 1. The molecule has 0 unspecified atom stereocenters. The third-order valence-corrected chi connectivity index (χ3v) is 1.73. The molecule has 70 valence electrons. The maximum Gasteiger partial charge on any atom is 0.488 e. The fourth-order valence-corrected chi connectivity index (χ4v) is 0.983. The van der Waals surface area contributed by atoms with Crippen LogP contribution in [0.2, 0.25) is 0 Å². The topological polar surface area (TPSA) is 53.4 Å². The normalized spacial score (nSPS) is 10.6. The molecule has 2 N–H and O–H groups in total. The summed E-state index contributed by atoms with van der Waals surface area (Å²) in [6.07, 6.45) is 0. The van der Waals surface area contributed by atoms with Gasteiger partial charge in [-0.25, -0.2) is 4.98 Å². The first-order valence-electron chi connectivity index (χ1n) is 4.04. The largest absolute Gasteiger partial charge is 0.488 e. The second-order valence-corrected chi connectivity index (χ2v) is 3.18. The van der Waals surface area contributed by atoms with E-state index in [9.17, 15) is 4.39 Å². The van der Waals surface area contributed by atoms with Crippen molar-refractivity contribution >= 4 is 12.6 Å². The minimum absolute atomic E-state index is 0.0631. The van der Waals surface area contributed by atoms with Crippen LogP contribution in [0.15, 0.2) is 12.1 Å². The molecular formula is C8H11BFNO2. The van der Waals surface area contributed by atoms with Crippen LogP contribution in [-0.2, 0) is 0 Å². The number of halogens is 1. The van der Waals surface area contributed by atoms with Gasteiger partial charge < -0.3 is 10.0 Å². The molecule has 0 fully saturated rings. The van der Waals surface area contributed by atoms with Gasteiger partial charge in [0.15, 0.2) is 0 Å². The van der Waals surface area contributed by atoms with E-state index in [4.69, 9.17) is 10.0 Å². The summed E-state index contributed by atoms with van der Waals surface area (Å²) in [4.78, 5) is 3.63. The molecule has 0 saturated heterocycles. The number of hydrogen-bond donors (Lipinski definition) is 2. The molecule has 0 aliphatic heterocycles. The van der Waals surface area contributed by atoms with E-state index in [0.29, 0.717) is 5.69 Å². The molecule has 0 aliphatic carbocycles. The SMILES string of the molecule is CC(C)c1cc(B(O)O)cc(F)n1. The van der Waals surface area contributed by atoms with Gasteiger partial charge in [0.1, 0.15) is 0 Å². The van der Waals surface area contributed by atoms with Crippen LogP contribution in [0.4, 0.5) is 4.39 Å². The molecule has 1 rings (SSSR count). The van der Waals surface area contributed by atoms with Gasteiger partial charge in [-0.15, -0.1) is 0 Å². The molecule has 0 spiro atoms. The summed E-state index contributed by atoms with van der Waals surface area (Å²) in [7, 11) is -1.64. The molecule has 3 nitrogen and oxygen atoms in total. The zero-order valence-corrected chi connectivity index (χ0v) is 7.53. The molecule has 0 radical (unpaired) electrons. The molecule has 0 aliphatic rings. The third kappa shape index (κ3) is 2.50. The highest BCUT2D eigenvalue weighted by atomic mass is 19.1. The standard InChI is InChI=1S/C8H11BFNO2/c1-5(2)7-3-6(9(12)13)4-8(10)11-7/h3-5,12-13H,1-2H3. The highest BCUT2D eigenvalue weighted by Crippen LogP contribution is 2.09. The average Bonchev–Trinajstić information content (AvgIpc) is 2.03. The van der Waals surface area contributed by atoms with E-state index in [0.717, 1.165) is 6.07 Å². The summed E-state index contributed by atoms with van der Waals surface area (Å²) in [5.74, 6) is -0.623. The first-order chi connectivity index (χ1) is 6.00. The van der Waals surface area contributed by atoms with Gasteiger partial charge in [0.2, 0.25) is 5.95 Å². The van der Waals surface area contributed by atoms with Gasteiger partial charge in [-0.05, 0) is 23.5 Å².